The van der Waals surface area contributed by atoms with E-state index in [0.717, 1.165) is 25.1 Å². The first-order valence-corrected chi connectivity index (χ1v) is 6.71. The number of alkyl carbamates (subject to hydrolysis) is 1. The predicted octanol–water partition coefficient (Wildman–Crippen LogP) is 2.32. The molecule has 1 saturated heterocycles. The number of carbonyl (C=O) groups excluding carboxylic acids is 1. The van der Waals surface area contributed by atoms with Crippen LogP contribution in [0.5, 0.6) is 0 Å². The number of methoxy groups -OCH3 is 1. The van der Waals surface area contributed by atoms with Gasteiger partial charge < -0.3 is 10.1 Å². The average molecular weight is 304 g/mol. The van der Waals surface area contributed by atoms with Crippen LogP contribution in [0, 0.1) is 0 Å². The van der Waals surface area contributed by atoms with Gasteiger partial charge in [0.05, 0.1) is 7.11 Å². The van der Waals surface area contributed by atoms with E-state index in [9.17, 15) is 4.79 Å². The smallest absolute Gasteiger partial charge is 0.407 e. The number of halogens is 2. The van der Waals surface area contributed by atoms with E-state index in [1.165, 1.54) is 7.11 Å². The summed E-state index contributed by atoms with van der Waals surface area (Å²) in [6.07, 6.45) is 2.19. The number of amides is 1. The molecule has 7 heteroatoms. The van der Waals surface area contributed by atoms with E-state index in [1.54, 1.807) is 12.3 Å². The van der Waals surface area contributed by atoms with E-state index in [4.69, 9.17) is 23.2 Å². The molecule has 19 heavy (non-hydrogen) atoms. The van der Waals surface area contributed by atoms with Crippen molar-refractivity contribution in [1.82, 2.24) is 15.2 Å². The minimum atomic E-state index is -0.391. The van der Waals surface area contributed by atoms with Crippen LogP contribution in [0.3, 0.4) is 0 Å². The second-order valence-electron chi connectivity index (χ2n) is 4.46. The van der Waals surface area contributed by atoms with Crippen LogP contribution in [0.15, 0.2) is 12.3 Å². The SMILES string of the molecule is COC(=O)NC1CCN(Cc2cnc(Cl)cc2Cl)C1. The summed E-state index contributed by atoms with van der Waals surface area (Å²) in [6.45, 7) is 2.37. The second kappa shape index (κ2) is 6.41. The Hall–Kier alpha value is -1.04. The zero-order valence-corrected chi connectivity index (χ0v) is 12.0. The van der Waals surface area contributed by atoms with E-state index in [2.05, 4.69) is 19.9 Å². The van der Waals surface area contributed by atoms with Crippen molar-refractivity contribution in [3.05, 3.63) is 28.0 Å². The summed E-state index contributed by atoms with van der Waals surface area (Å²) in [4.78, 5) is 17.4. The molecule has 1 amide bonds. The molecule has 0 saturated carbocycles. The number of nitrogens with zero attached hydrogens (tertiary/aromatic N) is 2. The summed E-state index contributed by atoms with van der Waals surface area (Å²) in [5, 5.41) is 3.80. The highest BCUT2D eigenvalue weighted by Crippen LogP contribution is 2.22. The van der Waals surface area contributed by atoms with Crippen LogP contribution in [0.25, 0.3) is 0 Å². The lowest BCUT2D eigenvalue weighted by molar-refractivity contribution is 0.166. The Kier molecular flexibility index (Phi) is 4.85. The van der Waals surface area contributed by atoms with Crippen LogP contribution in [-0.4, -0.2) is 42.2 Å². The molecule has 0 aliphatic carbocycles. The molecule has 2 heterocycles. The first kappa shape index (κ1) is 14.4. The van der Waals surface area contributed by atoms with E-state index in [0.29, 0.717) is 16.7 Å². The Labute approximate surface area is 121 Å². The molecule has 0 spiro atoms. The molecule has 0 radical (unpaired) electrons. The van der Waals surface area contributed by atoms with Crippen molar-refractivity contribution in [1.29, 1.82) is 0 Å². The molecule has 104 valence electrons. The predicted molar refractivity (Wildman–Crippen MR) is 73.5 cm³/mol. The minimum Gasteiger partial charge on any atom is -0.453 e. The highest BCUT2D eigenvalue weighted by atomic mass is 35.5. The van der Waals surface area contributed by atoms with Gasteiger partial charge in [-0.25, -0.2) is 9.78 Å². The summed E-state index contributed by atoms with van der Waals surface area (Å²) in [5.74, 6) is 0. The maximum absolute atomic E-state index is 11.1. The first-order chi connectivity index (χ1) is 9.08. The van der Waals surface area contributed by atoms with Gasteiger partial charge in [0.15, 0.2) is 0 Å². The Morgan fingerprint density at radius 2 is 2.42 bits per heavy atom. The zero-order chi connectivity index (χ0) is 13.8. The number of likely N-dealkylation sites (tertiary alicyclic amines) is 1. The first-order valence-electron chi connectivity index (χ1n) is 5.95. The van der Waals surface area contributed by atoms with Crippen LogP contribution < -0.4 is 5.32 Å². The molecule has 1 atom stereocenters. The van der Waals surface area contributed by atoms with E-state index in [1.807, 2.05) is 0 Å². The quantitative estimate of drug-likeness (QED) is 0.871. The van der Waals surface area contributed by atoms with Crippen molar-refractivity contribution >= 4 is 29.3 Å². The van der Waals surface area contributed by atoms with E-state index < -0.39 is 6.09 Å². The fraction of sp³-hybridized carbons (Fsp3) is 0.500. The number of ether oxygens (including phenoxy) is 1. The molecule has 2 rings (SSSR count). The number of hydrogen-bond donors (Lipinski definition) is 1. The third kappa shape index (κ3) is 3.96. The van der Waals surface area contributed by atoms with Crippen molar-refractivity contribution in [3.8, 4) is 0 Å². The van der Waals surface area contributed by atoms with Crippen molar-refractivity contribution in [2.45, 2.75) is 19.0 Å². The average Bonchev–Trinajstić information content (AvgIpc) is 2.80. The summed E-state index contributed by atoms with van der Waals surface area (Å²) in [5.41, 5.74) is 0.935. The van der Waals surface area contributed by atoms with Gasteiger partial charge in [0.2, 0.25) is 0 Å². The van der Waals surface area contributed by atoms with Gasteiger partial charge >= 0.3 is 6.09 Å². The third-order valence-corrected chi connectivity index (χ3v) is 3.63. The van der Waals surface area contributed by atoms with Crippen molar-refractivity contribution in [2.24, 2.45) is 0 Å². The lowest BCUT2D eigenvalue weighted by Gasteiger charge is -2.17. The maximum atomic E-state index is 11.1. The zero-order valence-electron chi connectivity index (χ0n) is 10.5. The van der Waals surface area contributed by atoms with Gasteiger partial charge in [-0.2, -0.15) is 0 Å². The molecule has 1 aliphatic rings. The maximum Gasteiger partial charge on any atom is 0.407 e. The molecule has 0 aromatic carbocycles. The van der Waals surface area contributed by atoms with Crippen LogP contribution in [0.1, 0.15) is 12.0 Å². The number of aromatic nitrogens is 1. The molecule has 1 aliphatic heterocycles. The number of rotatable bonds is 3. The lowest BCUT2D eigenvalue weighted by Crippen LogP contribution is -2.36. The minimum absolute atomic E-state index is 0.117. The summed E-state index contributed by atoms with van der Waals surface area (Å²) < 4.78 is 4.58. The number of pyridine rings is 1. The highest BCUT2D eigenvalue weighted by Gasteiger charge is 2.24. The largest absolute Gasteiger partial charge is 0.453 e. The molecule has 1 fully saturated rings. The molecule has 5 nitrogen and oxygen atoms in total. The van der Waals surface area contributed by atoms with Gasteiger partial charge in [-0.3, -0.25) is 4.90 Å². The van der Waals surface area contributed by atoms with Gasteiger partial charge in [0.1, 0.15) is 5.15 Å². The summed E-state index contributed by atoms with van der Waals surface area (Å²) in [6, 6.07) is 1.75. The molecule has 1 aromatic rings. The molecule has 0 bridgehead atoms. The highest BCUT2D eigenvalue weighted by molar-refractivity contribution is 6.34. The fourth-order valence-corrected chi connectivity index (χ4v) is 2.54. The van der Waals surface area contributed by atoms with E-state index >= 15 is 0 Å². The Morgan fingerprint density at radius 1 is 1.63 bits per heavy atom. The standard InChI is InChI=1S/C12H15Cl2N3O2/c1-19-12(18)16-9-2-3-17(7-9)6-8-5-15-11(14)4-10(8)13/h4-5,9H,2-3,6-7H2,1H3,(H,16,18). The fourth-order valence-electron chi connectivity index (χ4n) is 2.11. The van der Waals surface area contributed by atoms with Crippen LogP contribution in [-0.2, 0) is 11.3 Å². The number of nitrogens with one attached hydrogen (secondary N) is 1. The topological polar surface area (TPSA) is 54.5 Å². The van der Waals surface area contributed by atoms with Gasteiger partial charge in [-0.15, -0.1) is 0 Å². The second-order valence-corrected chi connectivity index (χ2v) is 5.25. The normalized spacial score (nSPS) is 19.4. The van der Waals surface area contributed by atoms with Crippen molar-refractivity contribution in [2.75, 3.05) is 20.2 Å². The van der Waals surface area contributed by atoms with Crippen LogP contribution >= 0.6 is 23.2 Å². The number of hydrogen-bond acceptors (Lipinski definition) is 4. The van der Waals surface area contributed by atoms with Crippen molar-refractivity contribution < 1.29 is 9.53 Å². The van der Waals surface area contributed by atoms with Crippen LogP contribution in [0.2, 0.25) is 10.2 Å². The monoisotopic (exact) mass is 303 g/mol. The Balaban J connectivity index is 1.89. The van der Waals surface area contributed by atoms with Gasteiger partial charge in [-0.1, -0.05) is 23.2 Å². The van der Waals surface area contributed by atoms with Crippen LogP contribution in [0.4, 0.5) is 4.79 Å². The summed E-state index contributed by atoms with van der Waals surface area (Å²) in [7, 11) is 1.36. The van der Waals surface area contributed by atoms with Gasteiger partial charge in [0.25, 0.3) is 0 Å². The lowest BCUT2D eigenvalue weighted by atomic mass is 10.2. The van der Waals surface area contributed by atoms with Gasteiger partial charge in [-0.05, 0) is 12.5 Å². The molecule has 1 aromatic heterocycles. The molecular formula is C12H15Cl2N3O2. The summed E-state index contributed by atoms with van der Waals surface area (Å²) >= 11 is 11.9. The molecule has 1 unspecified atom stereocenters. The number of carbonyl (C=O) groups is 1. The third-order valence-electron chi connectivity index (χ3n) is 3.07. The molecular weight excluding hydrogens is 289 g/mol. The Bertz CT molecular complexity index is 470. The van der Waals surface area contributed by atoms with E-state index in [-0.39, 0.29) is 6.04 Å². The van der Waals surface area contributed by atoms with Crippen molar-refractivity contribution in [3.63, 3.8) is 0 Å². The Morgan fingerprint density at radius 3 is 3.11 bits per heavy atom. The molecule has 1 N–H and O–H groups in total. The van der Waals surface area contributed by atoms with Gasteiger partial charge in [0, 0.05) is 42.5 Å².